The zero-order valence-corrected chi connectivity index (χ0v) is 15.0. The minimum absolute atomic E-state index is 0. The van der Waals surface area contributed by atoms with Gasteiger partial charge in [0.05, 0.1) is 0 Å². The molecule has 0 saturated heterocycles. The number of hydrogen-bond donors (Lipinski definition) is 0. The van der Waals surface area contributed by atoms with Gasteiger partial charge in [-0.2, -0.15) is 0 Å². The molecule has 0 bridgehead atoms. The van der Waals surface area contributed by atoms with Crippen molar-refractivity contribution in [3.05, 3.63) is 41.2 Å². The van der Waals surface area contributed by atoms with Gasteiger partial charge in [0.15, 0.2) is 5.94 Å². The molecule has 1 aromatic rings. The monoisotopic (exact) mass is 297 g/mol. The predicted molar refractivity (Wildman–Crippen MR) is 79.0 cm³/mol. The third-order valence-corrected chi connectivity index (χ3v) is 2.87. The Labute approximate surface area is 148 Å². The van der Waals surface area contributed by atoms with Crippen LogP contribution in [0.15, 0.2) is 30.3 Å². The summed E-state index contributed by atoms with van der Waals surface area (Å²) < 4.78 is 4.95. The summed E-state index contributed by atoms with van der Waals surface area (Å²) in [4.78, 5) is 22.5. The first-order valence-electron chi connectivity index (χ1n) is 6.90. The van der Waals surface area contributed by atoms with Crippen molar-refractivity contribution in [2.45, 2.75) is 45.6 Å². The minimum atomic E-state index is -0.740. The van der Waals surface area contributed by atoms with Gasteiger partial charge in [-0.1, -0.05) is 69.9 Å². The van der Waals surface area contributed by atoms with Gasteiger partial charge in [-0.3, -0.25) is 4.79 Å². The first-order valence-corrected chi connectivity index (χ1v) is 6.90. The van der Waals surface area contributed by atoms with Crippen molar-refractivity contribution < 1.29 is 43.9 Å². The SMILES string of the molecule is CCCCCC(C)[N-]C(=O)OC(=C=O)c1ccccc1.[Na+]. The van der Waals surface area contributed by atoms with Gasteiger partial charge in [0.2, 0.25) is 11.9 Å². The smallest absolute Gasteiger partial charge is 0.614 e. The topological polar surface area (TPSA) is 57.5 Å². The summed E-state index contributed by atoms with van der Waals surface area (Å²) in [6.07, 6.45) is 3.38. The first-order chi connectivity index (χ1) is 9.67. The van der Waals surface area contributed by atoms with Crippen LogP contribution in [0.1, 0.15) is 45.1 Å². The van der Waals surface area contributed by atoms with E-state index < -0.39 is 6.09 Å². The van der Waals surface area contributed by atoms with E-state index in [0.717, 1.165) is 25.7 Å². The van der Waals surface area contributed by atoms with Gasteiger partial charge in [0.25, 0.3) is 0 Å². The van der Waals surface area contributed by atoms with Gasteiger partial charge in [0, 0.05) is 5.56 Å². The molecule has 1 unspecified atom stereocenters. The van der Waals surface area contributed by atoms with Crippen molar-refractivity contribution in [3.8, 4) is 0 Å². The molecule has 0 aliphatic heterocycles. The zero-order chi connectivity index (χ0) is 14.8. The number of amides is 1. The second kappa shape index (κ2) is 11.6. The summed E-state index contributed by atoms with van der Waals surface area (Å²) in [6, 6.07) is 8.58. The molecule has 1 rings (SSSR count). The number of hydrogen-bond acceptors (Lipinski definition) is 3. The van der Waals surface area contributed by atoms with Crippen LogP contribution in [0.2, 0.25) is 0 Å². The van der Waals surface area contributed by atoms with Gasteiger partial charge >= 0.3 is 29.6 Å². The van der Waals surface area contributed by atoms with Gasteiger partial charge in [-0.25, -0.2) is 4.79 Å². The van der Waals surface area contributed by atoms with E-state index >= 15 is 0 Å². The van der Waals surface area contributed by atoms with E-state index in [1.165, 1.54) is 0 Å². The predicted octanol–water partition coefficient (Wildman–Crippen LogP) is 1.34. The maximum absolute atomic E-state index is 11.6. The van der Waals surface area contributed by atoms with E-state index in [-0.39, 0.29) is 41.4 Å². The Hall–Kier alpha value is -1.06. The summed E-state index contributed by atoms with van der Waals surface area (Å²) in [5.74, 6) is 1.51. The number of unbranched alkanes of at least 4 members (excludes halogenated alkanes) is 2. The fourth-order valence-electron chi connectivity index (χ4n) is 1.78. The fraction of sp³-hybridized carbons (Fsp3) is 0.438. The molecule has 21 heavy (non-hydrogen) atoms. The molecule has 0 radical (unpaired) electrons. The molecule has 5 heteroatoms. The Kier molecular flexibility index (Phi) is 11.0. The molecule has 0 aliphatic rings. The molecule has 1 amide bonds. The quantitative estimate of drug-likeness (QED) is 0.330. The Morgan fingerprint density at radius 3 is 2.52 bits per heavy atom. The van der Waals surface area contributed by atoms with Crippen LogP contribution < -0.4 is 29.6 Å². The molecule has 0 saturated carbocycles. The van der Waals surface area contributed by atoms with Crippen LogP contribution in [0.3, 0.4) is 0 Å². The zero-order valence-electron chi connectivity index (χ0n) is 13.0. The molecule has 0 aromatic heterocycles. The van der Waals surface area contributed by atoms with Crippen molar-refractivity contribution in [2.24, 2.45) is 0 Å². The van der Waals surface area contributed by atoms with Crippen molar-refractivity contribution in [1.82, 2.24) is 0 Å². The summed E-state index contributed by atoms with van der Waals surface area (Å²) in [5.41, 5.74) is 0.518. The van der Waals surface area contributed by atoms with Gasteiger partial charge < -0.3 is 10.1 Å². The van der Waals surface area contributed by atoms with E-state index in [4.69, 9.17) is 4.74 Å². The average molecular weight is 297 g/mol. The van der Waals surface area contributed by atoms with E-state index in [9.17, 15) is 9.59 Å². The third-order valence-electron chi connectivity index (χ3n) is 2.87. The van der Waals surface area contributed by atoms with Crippen molar-refractivity contribution in [1.29, 1.82) is 0 Å². The average Bonchev–Trinajstić information content (AvgIpc) is 2.46. The van der Waals surface area contributed by atoms with Crippen LogP contribution >= 0.6 is 0 Å². The largest absolute Gasteiger partial charge is 1.00 e. The summed E-state index contributed by atoms with van der Waals surface area (Å²) in [6.45, 7) is 3.99. The number of nitrogens with zero attached hydrogens (tertiary/aromatic N) is 1. The number of carbonyl (C=O) groups is 1. The van der Waals surface area contributed by atoms with Crippen molar-refractivity contribution in [2.75, 3.05) is 0 Å². The van der Waals surface area contributed by atoms with Crippen molar-refractivity contribution in [3.63, 3.8) is 0 Å². The van der Waals surface area contributed by atoms with E-state index in [2.05, 4.69) is 12.2 Å². The standard InChI is InChI=1S/C16H21NO3.Na/c1-3-4-6-9-13(2)17-16(19)20-15(12-18)14-10-7-5-8-11-14;/h5,7-8,10-11,13H,3-4,6,9H2,1-2H3,(H,17,19);/q;+1/p-1. The van der Waals surface area contributed by atoms with Crippen molar-refractivity contribution >= 4 is 17.8 Å². The van der Waals surface area contributed by atoms with Gasteiger partial charge in [-0.05, 0) is 0 Å². The van der Waals surface area contributed by atoms with E-state index in [0.29, 0.717) is 5.56 Å². The number of benzene rings is 1. The van der Waals surface area contributed by atoms with Crippen LogP contribution in [0.4, 0.5) is 4.79 Å². The minimum Gasteiger partial charge on any atom is -0.614 e. The van der Waals surface area contributed by atoms with Crippen LogP contribution in [0.5, 0.6) is 0 Å². The van der Waals surface area contributed by atoms with Crippen LogP contribution in [-0.2, 0) is 9.53 Å². The Morgan fingerprint density at radius 1 is 1.29 bits per heavy atom. The molecule has 0 fully saturated rings. The maximum atomic E-state index is 11.6. The van der Waals surface area contributed by atoms with Crippen LogP contribution in [-0.4, -0.2) is 18.1 Å². The first kappa shape index (κ1) is 19.9. The third kappa shape index (κ3) is 8.08. The van der Waals surface area contributed by atoms with Gasteiger partial charge in [0.1, 0.15) is 0 Å². The normalized spacial score (nSPS) is 10.8. The molecule has 0 spiro atoms. The fourth-order valence-corrected chi connectivity index (χ4v) is 1.78. The van der Waals surface area contributed by atoms with Crippen LogP contribution in [0, 0.1) is 0 Å². The van der Waals surface area contributed by atoms with E-state index in [1.807, 2.05) is 13.0 Å². The molecular formula is C16H20NNaO3. The van der Waals surface area contributed by atoms with Crippen LogP contribution in [0.25, 0.3) is 11.1 Å². The molecule has 0 heterocycles. The number of rotatable bonds is 7. The van der Waals surface area contributed by atoms with E-state index in [1.54, 1.807) is 30.2 Å². The maximum Gasteiger partial charge on any atom is 1.00 e. The Bertz CT molecular complexity index is 470. The molecular weight excluding hydrogens is 277 g/mol. The Morgan fingerprint density at radius 2 is 1.95 bits per heavy atom. The second-order valence-electron chi connectivity index (χ2n) is 4.64. The molecule has 1 aromatic carbocycles. The molecule has 0 N–H and O–H groups in total. The summed E-state index contributed by atoms with van der Waals surface area (Å²) in [7, 11) is 0. The summed E-state index contributed by atoms with van der Waals surface area (Å²) in [5, 5.41) is 3.90. The summed E-state index contributed by atoms with van der Waals surface area (Å²) >= 11 is 0. The second-order valence-corrected chi connectivity index (χ2v) is 4.64. The molecule has 1 atom stereocenters. The molecule has 4 nitrogen and oxygen atoms in total. The Balaban J connectivity index is 0.00000400. The molecule has 108 valence electrons. The number of carbonyl (C=O) groups excluding carboxylic acids is 2. The molecule has 0 aliphatic carbocycles. The van der Waals surface area contributed by atoms with Gasteiger partial charge in [-0.15, -0.1) is 6.04 Å². The number of ether oxygens (including phenoxy) is 1.